The second-order valence-electron chi connectivity index (χ2n) is 6.33. The minimum atomic E-state index is -0.743. The van der Waals surface area contributed by atoms with Crippen molar-refractivity contribution in [3.8, 4) is 16.9 Å². The van der Waals surface area contributed by atoms with Crippen LogP contribution in [0, 0.1) is 11.6 Å². The van der Waals surface area contributed by atoms with Gasteiger partial charge in [-0.3, -0.25) is 9.78 Å². The number of carbonyl (C=O) groups is 1. The maximum absolute atomic E-state index is 13.9. The van der Waals surface area contributed by atoms with E-state index in [2.05, 4.69) is 20.6 Å². The van der Waals surface area contributed by atoms with Gasteiger partial charge in [-0.15, -0.1) is 5.10 Å². The van der Waals surface area contributed by atoms with E-state index >= 15 is 0 Å². The van der Waals surface area contributed by atoms with E-state index in [1.54, 1.807) is 48.8 Å². The fourth-order valence-electron chi connectivity index (χ4n) is 2.92. The zero-order valence-electron chi connectivity index (χ0n) is 15.4. The summed E-state index contributed by atoms with van der Waals surface area (Å²) in [5.41, 5.74) is 1.90. The molecule has 6 nitrogen and oxygen atoms in total. The smallest absolute Gasteiger partial charge is 0.274 e. The number of pyridine rings is 1. The molecular weight excluding hydrogens is 412 g/mol. The van der Waals surface area contributed by atoms with Crippen LogP contribution in [-0.2, 0) is 6.54 Å². The van der Waals surface area contributed by atoms with Crippen molar-refractivity contribution >= 4 is 17.5 Å². The maximum Gasteiger partial charge on any atom is 0.274 e. The average molecular weight is 426 g/mol. The third-order valence-corrected chi connectivity index (χ3v) is 4.58. The SMILES string of the molecule is O=C(NCc1ccc(F)cc1F)c1nnn(-c2cccc(Cl)c2)c1-c1ccncc1. The number of rotatable bonds is 5. The number of carbonyl (C=O) groups excluding carboxylic acids is 1. The lowest BCUT2D eigenvalue weighted by Crippen LogP contribution is -2.24. The normalized spacial score (nSPS) is 10.8. The van der Waals surface area contributed by atoms with Crippen LogP contribution in [0.3, 0.4) is 0 Å². The van der Waals surface area contributed by atoms with Gasteiger partial charge < -0.3 is 5.32 Å². The zero-order valence-corrected chi connectivity index (χ0v) is 16.1. The highest BCUT2D eigenvalue weighted by molar-refractivity contribution is 6.30. The average Bonchev–Trinajstić information content (AvgIpc) is 3.19. The predicted octanol–water partition coefficient (Wildman–Crippen LogP) is 4.19. The zero-order chi connectivity index (χ0) is 21.1. The summed E-state index contributed by atoms with van der Waals surface area (Å²) in [6, 6.07) is 13.6. The molecule has 4 rings (SSSR count). The minimum Gasteiger partial charge on any atom is -0.346 e. The van der Waals surface area contributed by atoms with Gasteiger partial charge in [0, 0.05) is 41.2 Å². The van der Waals surface area contributed by atoms with Crippen molar-refractivity contribution in [1.82, 2.24) is 25.3 Å². The third-order valence-electron chi connectivity index (χ3n) is 4.35. The number of hydrogen-bond acceptors (Lipinski definition) is 4. The monoisotopic (exact) mass is 425 g/mol. The lowest BCUT2D eigenvalue weighted by Gasteiger charge is -2.09. The maximum atomic E-state index is 13.9. The number of nitrogens with zero attached hydrogens (tertiary/aromatic N) is 4. The highest BCUT2D eigenvalue weighted by Gasteiger charge is 2.22. The van der Waals surface area contributed by atoms with E-state index in [4.69, 9.17) is 11.6 Å². The first kappa shape index (κ1) is 19.7. The van der Waals surface area contributed by atoms with Gasteiger partial charge in [-0.1, -0.05) is 28.9 Å². The summed E-state index contributed by atoms with van der Waals surface area (Å²) in [4.78, 5) is 16.8. The van der Waals surface area contributed by atoms with Crippen LogP contribution in [0.2, 0.25) is 5.02 Å². The van der Waals surface area contributed by atoms with Crippen LogP contribution in [-0.4, -0.2) is 25.9 Å². The van der Waals surface area contributed by atoms with Gasteiger partial charge >= 0.3 is 0 Å². The second kappa shape index (κ2) is 8.38. The minimum absolute atomic E-state index is 0.0451. The van der Waals surface area contributed by atoms with Crippen LogP contribution in [0.15, 0.2) is 67.0 Å². The van der Waals surface area contributed by atoms with Gasteiger partial charge in [0.25, 0.3) is 5.91 Å². The molecule has 4 aromatic rings. The van der Waals surface area contributed by atoms with Crippen molar-refractivity contribution in [2.45, 2.75) is 6.54 Å². The van der Waals surface area contributed by atoms with Crippen molar-refractivity contribution in [1.29, 1.82) is 0 Å². The van der Waals surface area contributed by atoms with Crippen LogP contribution in [0.1, 0.15) is 16.1 Å². The van der Waals surface area contributed by atoms with Gasteiger partial charge in [0.05, 0.1) is 5.69 Å². The fraction of sp³-hybridized carbons (Fsp3) is 0.0476. The van der Waals surface area contributed by atoms with Crippen LogP contribution in [0.4, 0.5) is 8.78 Å². The molecule has 0 fully saturated rings. The second-order valence-corrected chi connectivity index (χ2v) is 6.77. The molecular formula is C21H14ClF2N5O. The Labute approximate surface area is 175 Å². The topological polar surface area (TPSA) is 72.7 Å². The van der Waals surface area contributed by atoms with Crippen molar-refractivity contribution in [3.05, 3.63) is 94.9 Å². The number of hydrogen-bond donors (Lipinski definition) is 1. The summed E-state index contributed by atoms with van der Waals surface area (Å²) in [6.07, 6.45) is 3.17. The molecule has 0 atom stereocenters. The summed E-state index contributed by atoms with van der Waals surface area (Å²) in [5, 5.41) is 11.2. The first-order valence-corrected chi connectivity index (χ1v) is 9.25. The molecule has 150 valence electrons. The quantitative estimate of drug-likeness (QED) is 0.520. The lowest BCUT2D eigenvalue weighted by molar-refractivity contribution is 0.0946. The number of aromatic nitrogens is 4. The Bertz CT molecular complexity index is 1210. The first-order valence-electron chi connectivity index (χ1n) is 8.87. The van der Waals surface area contributed by atoms with Gasteiger partial charge in [-0.25, -0.2) is 13.5 Å². The Balaban J connectivity index is 1.70. The van der Waals surface area contributed by atoms with E-state index in [1.807, 2.05) is 0 Å². The summed E-state index contributed by atoms with van der Waals surface area (Å²) in [6.45, 7) is -0.134. The lowest BCUT2D eigenvalue weighted by atomic mass is 10.1. The molecule has 0 bridgehead atoms. The molecule has 9 heteroatoms. The summed E-state index contributed by atoms with van der Waals surface area (Å²) in [7, 11) is 0. The molecule has 30 heavy (non-hydrogen) atoms. The molecule has 2 aromatic heterocycles. The molecule has 0 aliphatic heterocycles. The van der Waals surface area contributed by atoms with E-state index in [1.165, 1.54) is 10.7 Å². The van der Waals surface area contributed by atoms with Gasteiger partial charge in [0.15, 0.2) is 5.69 Å². The molecule has 0 radical (unpaired) electrons. The predicted molar refractivity (Wildman–Crippen MR) is 107 cm³/mol. The fourth-order valence-corrected chi connectivity index (χ4v) is 3.10. The molecule has 0 unspecified atom stereocenters. The molecule has 2 aromatic carbocycles. The standard InChI is InChI=1S/C21H14ClF2N5O/c22-15-2-1-3-17(10-15)29-20(13-6-8-25-9-7-13)19(27-28-29)21(30)26-12-14-4-5-16(23)11-18(14)24/h1-11H,12H2,(H,26,30). The number of halogens is 3. The molecule has 1 amide bonds. The van der Waals surface area contributed by atoms with Crippen molar-refractivity contribution in [3.63, 3.8) is 0 Å². The third kappa shape index (κ3) is 4.04. The van der Waals surface area contributed by atoms with Crippen molar-refractivity contribution in [2.75, 3.05) is 0 Å². The van der Waals surface area contributed by atoms with Crippen LogP contribution < -0.4 is 5.32 Å². The summed E-state index contributed by atoms with van der Waals surface area (Å²) < 4.78 is 28.4. The first-order chi connectivity index (χ1) is 14.5. The van der Waals surface area contributed by atoms with E-state index in [0.29, 0.717) is 22.0 Å². The van der Waals surface area contributed by atoms with Crippen LogP contribution in [0.5, 0.6) is 0 Å². The van der Waals surface area contributed by atoms with E-state index in [9.17, 15) is 13.6 Å². The summed E-state index contributed by atoms with van der Waals surface area (Å²) >= 11 is 6.09. The molecule has 1 N–H and O–H groups in total. The van der Waals surface area contributed by atoms with Gasteiger partial charge in [0.1, 0.15) is 17.3 Å². The van der Waals surface area contributed by atoms with Gasteiger partial charge in [-0.05, 0) is 36.4 Å². The van der Waals surface area contributed by atoms with E-state index in [-0.39, 0.29) is 17.8 Å². The number of amides is 1. The molecule has 0 aliphatic carbocycles. The highest BCUT2D eigenvalue weighted by atomic mass is 35.5. The van der Waals surface area contributed by atoms with Crippen LogP contribution >= 0.6 is 11.6 Å². The Morgan fingerprint density at radius 1 is 1.07 bits per heavy atom. The van der Waals surface area contributed by atoms with Crippen molar-refractivity contribution < 1.29 is 13.6 Å². The Morgan fingerprint density at radius 2 is 1.87 bits per heavy atom. The molecule has 0 saturated carbocycles. The van der Waals surface area contributed by atoms with E-state index < -0.39 is 17.5 Å². The van der Waals surface area contributed by atoms with E-state index in [0.717, 1.165) is 12.1 Å². The molecule has 0 aliphatic rings. The van der Waals surface area contributed by atoms with Crippen LogP contribution in [0.25, 0.3) is 16.9 Å². The van der Waals surface area contributed by atoms with Gasteiger partial charge in [0.2, 0.25) is 0 Å². The Kier molecular flexibility index (Phi) is 5.49. The van der Waals surface area contributed by atoms with Crippen molar-refractivity contribution in [2.24, 2.45) is 0 Å². The highest BCUT2D eigenvalue weighted by Crippen LogP contribution is 2.26. The number of benzene rings is 2. The molecule has 0 spiro atoms. The Morgan fingerprint density at radius 3 is 2.60 bits per heavy atom. The molecule has 0 saturated heterocycles. The molecule has 2 heterocycles. The Hall–Kier alpha value is -3.65. The number of nitrogens with one attached hydrogen (secondary N) is 1. The van der Waals surface area contributed by atoms with Gasteiger partial charge in [-0.2, -0.15) is 0 Å². The summed E-state index contributed by atoms with van der Waals surface area (Å²) in [5.74, 6) is -1.99. The largest absolute Gasteiger partial charge is 0.346 e.